The molecule has 0 amide bonds. The predicted molar refractivity (Wildman–Crippen MR) is 51.8 cm³/mol. The molecule has 11 heavy (non-hydrogen) atoms. The monoisotopic (exact) mass is 157 g/mol. The molecule has 0 saturated carbocycles. The Bertz CT molecular complexity index is 78.9. The van der Waals surface area contributed by atoms with Crippen LogP contribution in [0.5, 0.6) is 0 Å². The Labute approximate surface area is 71.6 Å². The Balaban J connectivity index is 0.000001000. The summed E-state index contributed by atoms with van der Waals surface area (Å²) in [5.41, 5.74) is 0. The number of nitrogens with one attached hydrogen (secondary N) is 1. The third-order valence-electron chi connectivity index (χ3n) is 2.81. The van der Waals surface area contributed by atoms with Gasteiger partial charge in [0, 0.05) is 0 Å². The number of hydrogen-bond acceptors (Lipinski definition) is 1. The standard InChI is InChI=1S/C9H19N.CH4/c1-3-8-5-6-10-7-9(8)4-2;/h8-10H,3-7H2,1-2H3;1H4. The number of hydrogen-bond donors (Lipinski definition) is 1. The van der Waals surface area contributed by atoms with Crippen LogP contribution >= 0.6 is 0 Å². The van der Waals surface area contributed by atoms with Gasteiger partial charge in [0.25, 0.3) is 0 Å². The lowest BCUT2D eigenvalue weighted by atomic mass is 9.83. The largest absolute Gasteiger partial charge is 0.316 e. The lowest BCUT2D eigenvalue weighted by molar-refractivity contribution is 0.241. The summed E-state index contributed by atoms with van der Waals surface area (Å²) in [6, 6.07) is 0. The molecule has 68 valence electrons. The molecule has 1 fully saturated rings. The first-order valence-corrected chi connectivity index (χ1v) is 4.59. The van der Waals surface area contributed by atoms with Crippen LogP contribution < -0.4 is 5.32 Å². The van der Waals surface area contributed by atoms with Crippen molar-refractivity contribution in [3.63, 3.8) is 0 Å². The molecule has 1 heterocycles. The van der Waals surface area contributed by atoms with E-state index in [1.165, 1.54) is 32.4 Å². The van der Waals surface area contributed by atoms with Crippen molar-refractivity contribution in [3.05, 3.63) is 0 Å². The maximum atomic E-state index is 3.45. The van der Waals surface area contributed by atoms with E-state index in [0.29, 0.717) is 0 Å². The van der Waals surface area contributed by atoms with E-state index >= 15 is 0 Å². The average molecular weight is 157 g/mol. The maximum Gasteiger partial charge on any atom is -0.00180 e. The fraction of sp³-hybridized carbons (Fsp3) is 1.00. The molecule has 1 nitrogen and oxygen atoms in total. The minimum atomic E-state index is 0. The molecule has 1 aliphatic rings. The second-order valence-electron chi connectivity index (χ2n) is 3.33. The topological polar surface area (TPSA) is 12.0 Å². The summed E-state index contributed by atoms with van der Waals surface area (Å²) in [4.78, 5) is 0. The summed E-state index contributed by atoms with van der Waals surface area (Å²) < 4.78 is 0. The zero-order valence-corrected chi connectivity index (χ0v) is 7.19. The van der Waals surface area contributed by atoms with E-state index in [0.717, 1.165) is 11.8 Å². The van der Waals surface area contributed by atoms with Crippen molar-refractivity contribution in [1.29, 1.82) is 0 Å². The van der Waals surface area contributed by atoms with Gasteiger partial charge in [0.1, 0.15) is 0 Å². The van der Waals surface area contributed by atoms with Crippen LogP contribution in [0.2, 0.25) is 0 Å². The maximum absolute atomic E-state index is 3.45. The normalized spacial score (nSPS) is 31.1. The molecule has 0 aromatic carbocycles. The van der Waals surface area contributed by atoms with E-state index in [9.17, 15) is 0 Å². The lowest BCUT2D eigenvalue weighted by Crippen LogP contribution is -2.35. The Morgan fingerprint density at radius 1 is 1.18 bits per heavy atom. The average Bonchev–Trinajstić information content (AvgIpc) is 2.04. The molecule has 0 aromatic rings. The van der Waals surface area contributed by atoms with E-state index in [2.05, 4.69) is 19.2 Å². The van der Waals surface area contributed by atoms with Gasteiger partial charge in [0.15, 0.2) is 0 Å². The van der Waals surface area contributed by atoms with Crippen molar-refractivity contribution in [2.24, 2.45) is 11.8 Å². The highest BCUT2D eigenvalue weighted by molar-refractivity contribution is 4.75. The highest BCUT2D eigenvalue weighted by Gasteiger charge is 2.20. The highest BCUT2D eigenvalue weighted by atomic mass is 14.9. The van der Waals surface area contributed by atoms with Crippen LogP contribution in [0.4, 0.5) is 0 Å². The fourth-order valence-corrected chi connectivity index (χ4v) is 1.99. The van der Waals surface area contributed by atoms with Crippen LogP contribution in [0, 0.1) is 11.8 Å². The minimum absolute atomic E-state index is 0. The predicted octanol–water partition coefficient (Wildman–Crippen LogP) is 2.67. The molecular weight excluding hydrogens is 134 g/mol. The molecule has 0 bridgehead atoms. The van der Waals surface area contributed by atoms with Crippen molar-refractivity contribution in [2.75, 3.05) is 13.1 Å². The second kappa shape index (κ2) is 5.59. The quantitative estimate of drug-likeness (QED) is 0.650. The van der Waals surface area contributed by atoms with Gasteiger partial charge in [-0.05, 0) is 31.3 Å². The molecule has 1 saturated heterocycles. The molecule has 0 radical (unpaired) electrons. The van der Waals surface area contributed by atoms with Crippen LogP contribution in [0.3, 0.4) is 0 Å². The molecule has 1 aliphatic heterocycles. The number of piperidine rings is 1. The lowest BCUT2D eigenvalue weighted by Gasteiger charge is -2.30. The third-order valence-corrected chi connectivity index (χ3v) is 2.81. The zero-order valence-electron chi connectivity index (χ0n) is 7.19. The molecule has 1 rings (SSSR count). The van der Waals surface area contributed by atoms with Gasteiger partial charge in [-0.1, -0.05) is 34.1 Å². The van der Waals surface area contributed by atoms with Crippen LogP contribution in [0.15, 0.2) is 0 Å². The summed E-state index contributed by atoms with van der Waals surface area (Å²) in [5, 5.41) is 3.45. The van der Waals surface area contributed by atoms with E-state index < -0.39 is 0 Å². The molecule has 2 atom stereocenters. The second-order valence-corrected chi connectivity index (χ2v) is 3.33. The van der Waals surface area contributed by atoms with Gasteiger partial charge in [-0.3, -0.25) is 0 Å². The van der Waals surface area contributed by atoms with Gasteiger partial charge in [0.2, 0.25) is 0 Å². The molecule has 1 N–H and O–H groups in total. The Kier molecular flexibility index (Phi) is 5.57. The van der Waals surface area contributed by atoms with Crippen LogP contribution in [0.25, 0.3) is 0 Å². The van der Waals surface area contributed by atoms with Gasteiger partial charge in [-0.15, -0.1) is 0 Å². The Hall–Kier alpha value is -0.0400. The highest BCUT2D eigenvalue weighted by Crippen LogP contribution is 2.24. The smallest absolute Gasteiger partial charge is 0.00180 e. The van der Waals surface area contributed by atoms with Crippen molar-refractivity contribution in [1.82, 2.24) is 5.32 Å². The van der Waals surface area contributed by atoms with Gasteiger partial charge >= 0.3 is 0 Å². The van der Waals surface area contributed by atoms with Crippen molar-refractivity contribution < 1.29 is 0 Å². The molecule has 2 unspecified atom stereocenters. The van der Waals surface area contributed by atoms with Crippen LogP contribution in [-0.4, -0.2) is 13.1 Å². The number of rotatable bonds is 2. The van der Waals surface area contributed by atoms with Gasteiger partial charge in [-0.2, -0.15) is 0 Å². The summed E-state index contributed by atoms with van der Waals surface area (Å²) in [6.45, 7) is 7.13. The fourth-order valence-electron chi connectivity index (χ4n) is 1.99. The SMILES string of the molecule is C.CCC1CCNCC1CC. The van der Waals surface area contributed by atoms with Gasteiger partial charge < -0.3 is 5.32 Å². The van der Waals surface area contributed by atoms with Gasteiger partial charge in [-0.25, -0.2) is 0 Å². The summed E-state index contributed by atoms with van der Waals surface area (Å²) >= 11 is 0. The summed E-state index contributed by atoms with van der Waals surface area (Å²) in [5.74, 6) is 1.96. The Morgan fingerprint density at radius 3 is 2.27 bits per heavy atom. The summed E-state index contributed by atoms with van der Waals surface area (Å²) in [7, 11) is 0. The zero-order chi connectivity index (χ0) is 7.40. The Morgan fingerprint density at radius 2 is 1.82 bits per heavy atom. The molecule has 0 aliphatic carbocycles. The van der Waals surface area contributed by atoms with Crippen molar-refractivity contribution in [3.8, 4) is 0 Å². The van der Waals surface area contributed by atoms with E-state index in [1.54, 1.807) is 0 Å². The molecule has 0 spiro atoms. The van der Waals surface area contributed by atoms with Crippen molar-refractivity contribution in [2.45, 2.75) is 40.5 Å². The molecule has 1 heteroatoms. The first-order chi connectivity index (χ1) is 4.88. The van der Waals surface area contributed by atoms with E-state index in [1.807, 2.05) is 0 Å². The third kappa shape index (κ3) is 2.82. The minimum Gasteiger partial charge on any atom is -0.316 e. The van der Waals surface area contributed by atoms with E-state index in [-0.39, 0.29) is 7.43 Å². The summed E-state index contributed by atoms with van der Waals surface area (Å²) in [6.07, 6.45) is 4.13. The van der Waals surface area contributed by atoms with Gasteiger partial charge in [0.05, 0.1) is 0 Å². The first-order valence-electron chi connectivity index (χ1n) is 4.59. The first kappa shape index (κ1) is 11.0. The van der Waals surface area contributed by atoms with Crippen molar-refractivity contribution >= 4 is 0 Å². The van der Waals surface area contributed by atoms with E-state index in [4.69, 9.17) is 0 Å². The molecule has 0 aromatic heterocycles. The van der Waals surface area contributed by atoms with Crippen LogP contribution in [0.1, 0.15) is 40.5 Å². The molecular formula is C10H23N. The van der Waals surface area contributed by atoms with Crippen LogP contribution in [-0.2, 0) is 0 Å².